The highest BCUT2D eigenvalue weighted by atomic mass is 35.5. The Morgan fingerprint density at radius 1 is 1.12 bits per heavy atom. The van der Waals surface area contributed by atoms with Gasteiger partial charge >= 0.3 is 6.18 Å². The number of amides is 1. The van der Waals surface area contributed by atoms with E-state index in [9.17, 15) is 22.8 Å². The van der Waals surface area contributed by atoms with Crippen molar-refractivity contribution in [3.8, 4) is 11.4 Å². The Labute approximate surface area is 184 Å². The molecule has 1 amide bonds. The van der Waals surface area contributed by atoms with Crippen molar-refractivity contribution in [3.05, 3.63) is 81.2 Å². The summed E-state index contributed by atoms with van der Waals surface area (Å²) in [6.07, 6.45) is -4.53. The van der Waals surface area contributed by atoms with Gasteiger partial charge in [-0.05, 0) is 37.3 Å². The van der Waals surface area contributed by atoms with Gasteiger partial charge in [0.2, 0.25) is 11.7 Å². The lowest BCUT2D eigenvalue weighted by atomic mass is 10.2. The number of halogens is 4. The van der Waals surface area contributed by atoms with E-state index >= 15 is 0 Å². The van der Waals surface area contributed by atoms with E-state index in [2.05, 4.69) is 15.4 Å². The quantitative estimate of drug-likeness (QED) is 0.494. The van der Waals surface area contributed by atoms with Crippen LogP contribution in [-0.2, 0) is 17.5 Å². The highest BCUT2D eigenvalue weighted by Crippen LogP contribution is 2.30. The molecule has 0 aliphatic heterocycles. The van der Waals surface area contributed by atoms with Gasteiger partial charge in [0.25, 0.3) is 5.56 Å². The van der Waals surface area contributed by atoms with Crippen LogP contribution in [0, 0.1) is 6.92 Å². The molecule has 11 heteroatoms. The van der Waals surface area contributed by atoms with Crippen LogP contribution < -0.4 is 10.9 Å². The van der Waals surface area contributed by atoms with Crippen LogP contribution in [0.4, 0.5) is 18.9 Å². The van der Waals surface area contributed by atoms with Gasteiger partial charge in [0.1, 0.15) is 6.54 Å². The highest BCUT2D eigenvalue weighted by molar-refractivity contribution is 6.33. The zero-order valence-corrected chi connectivity index (χ0v) is 17.3. The van der Waals surface area contributed by atoms with Crippen molar-refractivity contribution in [1.29, 1.82) is 0 Å². The largest absolute Gasteiger partial charge is 0.416 e. The topological polar surface area (TPSA) is 81.3 Å². The second kappa shape index (κ2) is 8.12. The second-order valence-corrected chi connectivity index (χ2v) is 7.37. The number of fused-ring (bicyclic) bond motifs is 1. The number of hydrogen-bond acceptors (Lipinski definition) is 4. The molecule has 164 valence electrons. The molecule has 0 aliphatic rings. The fraction of sp³-hybridized carbons (Fsp3) is 0.143. The number of carbonyl (C=O) groups is 1. The van der Waals surface area contributed by atoms with Crippen LogP contribution in [0.1, 0.15) is 11.3 Å². The summed E-state index contributed by atoms with van der Waals surface area (Å²) in [4.78, 5) is 29.4. The molecule has 0 saturated carbocycles. The third-order valence-electron chi connectivity index (χ3n) is 4.69. The fourth-order valence-corrected chi connectivity index (χ4v) is 3.39. The minimum absolute atomic E-state index is 0.00207. The molecule has 0 bridgehead atoms. The molecule has 4 aromatic rings. The molecule has 2 aromatic heterocycles. The van der Waals surface area contributed by atoms with E-state index in [1.165, 1.54) is 22.8 Å². The summed E-state index contributed by atoms with van der Waals surface area (Å²) in [6, 6.07) is 12.4. The van der Waals surface area contributed by atoms with Crippen LogP contribution in [0.5, 0.6) is 0 Å². The normalized spacial score (nSPS) is 11.7. The number of carbonyl (C=O) groups excluding carboxylic acids is 1. The lowest BCUT2D eigenvalue weighted by Gasteiger charge is -2.13. The molecule has 1 N–H and O–H groups in total. The Morgan fingerprint density at radius 2 is 1.88 bits per heavy atom. The van der Waals surface area contributed by atoms with Gasteiger partial charge in [-0.15, -0.1) is 5.10 Å². The van der Waals surface area contributed by atoms with Crippen molar-refractivity contribution in [2.45, 2.75) is 19.6 Å². The first-order valence-electron chi connectivity index (χ1n) is 9.33. The smallest absolute Gasteiger partial charge is 0.325 e. The molecule has 0 fully saturated rings. The maximum atomic E-state index is 12.9. The Kier molecular flexibility index (Phi) is 5.47. The van der Waals surface area contributed by atoms with E-state index in [4.69, 9.17) is 11.6 Å². The maximum Gasteiger partial charge on any atom is 0.416 e. The third-order valence-corrected chi connectivity index (χ3v) is 5.02. The molecule has 0 spiro atoms. The van der Waals surface area contributed by atoms with Crippen molar-refractivity contribution in [3.63, 3.8) is 0 Å². The van der Waals surface area contributed by atoms with Gasteiger partial charge < -0.3 is 9.88 Å². The van der Waals surface area contributed by atoms with Crippen LogP contribution >= 0.6 is 11.6 Å². The molecule has 32 heavy (non-hydrogen) atoms. The van der Waals surface area contributed by atoms with E-state index < -0.39 is 23.2 Å². The lowest BCUT2D eigenvalue weighted by molar-refractivity contribution is -0.137. The zero-order valence-electron chi connectivity index (χ0n) is 16.5. The van der Waals surface area contributed by atoms with Crippen LogP contribution in [0.15, 0.2) is 59.4 Å². The average Bonchev–Trinajstić information content (AvgIpc) is 3.17. The molecule has 2 aromatic carbocycles. The van der Waals surface area contributed by atoms with E-state index in [1.54, 1.807) is 31.2 Å². The monoisotopic (exact) mass is 461 g/mol. The lowest BCUT2D eigenvalue weighted by Crippen LogP contribution is -2.25. The summed E-state index contributed by atoms with van der Waals surface area (Å²) >= 11 is 6.20. The Balaban J connectivity index is 1.68. The van der Waals surface area contributed by atoms with Gasteiger partial charge in [0.05, 0.1) is 10.6 Å². The van der Waals surface area contributed by atoms with Gasteiger partial charge in [-0.2, -0.15) is 22.7 Å². The summed E-state index contributed by atoms with van der Waals surface area (Å²) in [7, 11) is 0. The van der Waals surface area contributed by atoms with Gasteiger partial charge in [-0.3, -0.25) is 9.59 Å². The van der Waals surface area contributed by atoms with Crippen LogP contribution in [0.2, 0.25) is 5.02 Å². The first-order chi connectivity index (χ1) is 15.1. The van der Waals surface area contributed by atoms with E-state index in [0.717, 1.165) is 16.6 Å². The minimum atomic E-state index is -4.53. The number of rotatable bonds is 4. The highest BCUT2D eigenvalue weighted by Gasteiger charge is 2.30. The molecule has 0 aliphatic carbocycles. The van der Waals surface area contributed by atoms with Crippen molar-refractivity contribution in [2.24, 2.45) is 0 Å². The van der Waals surface area contributed by atoms with Crippen LogP contribution in [-0.4, -0.2) is 25.1 Å². The van der Waals surface area contributed by atoms with Crippen molar-refractivity contribution in [2.75, 3.05) is 5.32 Å². The number of nitrogens with zero attached hydrogens (tertiary/aromatic N) is 4. The van der Waals surface area contributed by atoms with Crippen LogP contribution in [0.25, 0.3) is 17.2 Å². The van der Waals surface area contributed by atoms with Gasteiger partial charge in [-0.1, -0.05) is 29.8 Å². The van der Waals surface area contributed by atoms with E-state index in [0.29, 0.717) is 16.3 Å². The summed E-state index contributed by atoms with van der Waals surface area (Å²) in [5.74, 6) is -0.297. The number of benzene rings is 2. The number of anilines is 1. The molecule has 0 atom stereocenters. The number of aromatic nitrogens is 4. The Hall–Kier alpha value is -3.66. The van der Waals surface area contributed by atoms with Crippen LogP contribution in [0.3, 0.4) is 0 Å². The number of alkyl halides is 3. The third kappa shape index (κ3) is 4.22. The maximum absolute atomic E-state index is 12.9. The molecular formula is C21H15ClF3N5O2. The fourth-order valence-electron chi connectivity index (χ4n) is 3.17. The molecule has 0 radical (unpaired) electrons. The van der Waals surface area contributed by atoms with Crippen molar-refractivity contribution >= 4 is 29.0 Å². The number of aryl methyl sites for hydroxylation is 1. The molecule has 0 unspecified atom stereocenters. The first-order valence-corrected chi connectivity index (χ1v) is 9.70. The van der Waals surface area contributed by atoms with Gasteiger partial charge in [0, 0.05) is 23.0 Å². The Bertz CT molecular complexity index is 1390. The van der Waals surface area contributed by atoms with Crippen molar-refractivity contribution < 1.29 is 18.0 Å². The zero-order chi connectivity index (χ0) is 23.0. The Morgan fingerprint density at radius 3 is 2.59 bits per heavy atom. The molecule has 0 saturated heterocycles. The molecular weight excluding hydrogens is 447 g/mol. The van der Waals surface area contributed by atoms with Gasteiger partial charge in [0.15, 0.2) is 5.82 Å². The summed E-state index contributed by atoms with van der Waals surface area (Å²) in [5.41, 5.74) is -0.385. The predicted octanol–water partition coefficient (Wildman–Crippen LogP) is 4.18. The average molecular weight is 462 g/mol. The minimum Gasteiger partial charge on any atom is -0.325 e. The van der Waals surface area contributed by atoms with Crippen molar-refractivity contribution in [1.82, 2.24) is 19.2 Å². The first kappa shape index (κ1) is 21.6. The second-order valence-electron chi connectivity index (χ2n) is 6.96. The van der Waals surface area contributed by atoms with Gasteiger partial charge in [-0.25, -0.2) is 0 Å². The number of hydrogen-bond donors (Lipinski definition) is 1. The molecule has 7 nitrogen and oxygen atoms in total. The molecule has 4 rings (SSSR count). The standard InChI is InChI=1S/C21H15ClF3N5O2/c1-12-9-18(32)30-20(27-19(28-30)15-7-2-3-8-16(15)22)29(12)11-17(31)26-14-6-4-5-13(10-14)21(23,24)25/h2-10H,11H2,1H3,(H,26,31). The SMILES string of the molecule is Cc1cc(=O)n2nc(-c3ccccc3Cl)nc2n1CC(=O)Nc1cccc(C(F)(F)F)c1. The molecule has 2 heterocycles. The summed E-state index contributed by atoms with van der Waals surface area (Å²) < 4.78 is 41.2. The summed E-state index contributed by atoms with van der Waals surface area (Å²) in [5, 5.41) is 7.04. The van der Waals surface area contributed by atoms with E-state index in [-0.39, 0.29) is 23.8 Å². The predicted molar refractivity (Wildman–Crippen MR) is 113 cm³/mol. The number of nitrogens with one attached hydrogen (secondary N) is 1. The van der Waals surface area contributed by atoms with E-state index in [1.807, 2.05) is 0 Å². The summed E-state index contributed by atoms with van der Waals surface area (Å²) in [6.45, 7) is 1.31.